The molecule has 1 saturated carbocycles. The van der Waals surface area contributed by atoms with Gasteiger partial charge in [0.25, 0.3) is 0 Å². The molecule has 146 valence electrons. The summed E-state index contributed by atoms with van der Waals surface area (Å²) in [5.74, 6) is 0.514. The van der Waals surface area contributed by atoms with E-state index in [9.17, 15) is 9.18 Å². The van der Waals surface area contributed by atoms with Crippen LogP contribution in [0.1, 0.15) is 44.7 Å². The fourth-order valence-corrected chi connectivity index (χ4v) is 3.58. The highest BCUT2D eigenvalue weighted by Crippen LogP contribution is 2.23. The molecule has 1 aromatic heterocycles. The third kappa shape index (κ3) is 5.55. The van der Waals surface area contributed by atoms with E-state index in [-0.39, 0.29) is 11.8 Å². The molecule has 1 aliphatic carbocycles. The molecule has 0 saturated heterocycles. The van der Waals surface area contributed by atoms with Gasteiger partial charge in [-0.05, 0) is 62.6 Å². The maximum absolute atomic E-state index is 13.3. The van der Waals surface area contributed by atoms with E-state index in [0.29, 0.717) is 12.6 Å². The number of carbonyl (C=O) groups is 1. The monoisotopic (exact) mass is 372 g/mol. The lowest BCUT2D eigenvalue weighted by Gasteiger charge is -2.29. The van der Waals surface area contributed by atoms with Crippen molar-refractivity contribution in [2.45, 2.75) is 51.5 Å². The van der Waals surface area contributed by atoms with Crippen LogP contribution in [-0.4, -0.2) is 40.8 Å². The summed E-state index contributed by atoms with van der Waals surface area (Å²) in [6, 6.07) is 8.69. The molecule has 3 rings (SSSR count). The molecule has 1 heterocycles. The molecule has 1 aromatic carbocycles. The first-order valence-corrected chi connectivity index (χ1v) is 9.83. The topological polar surface area (TPSA) is 61.0 Å². The first-order chi connectivity index (χ1) is 13.0. The SMILES string of the molecule is CC1CCC(NC(=O)N(C)CCCc2cc(-c3cccc(F)c3)n[nH]2)CC1. The van der Waals surface area contributed by atoms with Crippen molar-refractivity contribution in [3.63, 3.8) is 0 Å². The maximum atomic E-state index is 13.3. The minimum Gasteiger partial charge on any atom is -0.335 e. The summed E-state index contributed by atoms with van der Waals surface area (Å²) in [6.45, 7) is 2.96. The first kappa shape index (κ1) is 19.4. The van der Waals surface area contributed by atoms with Crippen molar-refractivity contribution < 1.29 is 9.18 Å². The van der Waals surface area contributed by atoms with Gasteiger partial charge in [-0.1, -0.05) is 19.1 Å². The molecule has 0 unspecified atom stereocenters. The number of aryl methyl sites for hydroxylation is 1. The number of hydrogen-bond donors (Lipinski definition) is 2. The van der Waals surface area contributed by atoms with Gasteiger partial charge in [0.2, 0.25) is 0 Å². The van der Waals surface area contributed by atoms with Gasteiger partial charge in [-0.25, -0.2) is 9.18 Å². The first-order valence-electron chi connectivity index (χ1n) is 9.83. The standard InChI is InChI=1S/C21H29FN4O/c1-15-8-10-18(11-9-15)23-21(27)26(2)12-4-7-19-14-20(25-24-19)16-5-3-6-17(22)13-16/h3,5-6,13-15,18H,4,7-12H2,1-2H3,(H,23,27)(H,24,25). The molecule has 0 aliphatic heterocycles. The number of nitrogens with one attached hydrogen (secondary N) is 2. The lowest BCUT2D eigenvalue weighted by molar-refractivity contribution is 0.197. The zero-order valence-electron chi connectivity index (χ0n) is 16.2. The highest BCUT2D eigenvalue weighted by Gasteiger charge is 2.21. The summed E-state index contributed by atoms with van der Waals surface area (Å²) in [6.07, 6.45) is 6.19. The fourth-order valence-electron chi connectivity index (χ4n) is 3.58. The van der Waals surface area contributed by atoms with Crippen molar-refractivity contribution in [2.75, 3.05) is 13.6 Å². The van der Waals surface area contributed by atoms with E-state index in [1.54, 1.807) is 11.0 Å². The predicted octanol–water partition coefficient (Wildman–Crippen LogP) is 4.37. The van der Waals surface area contributed by atoms with Crippen LogP contribution in [0.3, 0.4) is 0 Å². The Bertz CT molecular complexity index is 752. The summed E-state index contributed by atoms with van der Waals surface area (Å²) >= 11 is 0. The minimum atomic E-state index is -0.267. The van der Waals surface area contributed by atoms with E-state index in [1.807, 2.05) is 19.2 Å². The number of hydrogen-bond acceptors (Lipinski definition) is 2. The van der Waals surface area contributed by atoms with E-state index < -0.39 is 0 Å². The number of urea groups is 1. The molecule has 2 aromatic rings. The van der Waals surface area contributed by atoms with Gasteiger partial charge >= 0.3 is 6.03 Å². The summed E-state index contributed by atoms with van der Waals surface area (Å²) < 4.78 is 13.3. The van der Waals surface area contributed by atoms with Crippen LogP contribution in [0.5, 0.6) is 0 Å². The maximum Gasteiger partial charge on any atom is 0.317 e. The third-order valence-corrected chi connectivity index (χ3v) is 5.38. The van der Waals surface area contributed by atoms with Crippen LogP contribution in [-0.2, 0) is 6.42 Å². The minimum absolute atomic E-state index is 0.0135. The van der Waals surface area contributed by atoms with Crippen molar-refractivity contribution in [2.24, 2.45) is 5.92 Å². The van der Waals surface area contributed by atoms with Crippen molar-refractivity contribution in [3.8, 4) is 11.3 Å². The Labute approximate surface area is 160 Å². The zero-order chi connectivity index (χ0) is 19.2. The Morgan fingerprint density at radius 1 is 1.30 bits per heavy atom. The summed E-state index contributed by atoms with van der Waals surface area (Å²) in [4.78, 5) is 14.1. The zero-order valence-corrected chi connectivity index (χ0v) is 16.2. The van der Waals surface area contributed by atoms with Crippen molar-refractivity contribution in [3.05, 3.63) is 41.8 Å². The summed E-state index contributed by atoms with van der Waals surface area (Å²) in [7, 11) is 1.84. The van der Waals surface area contributed by atoms with E-state index >= 15 is 0 Å². The highest BCUT2D eigenvalue weighted by molar-refractivity contribution is 5.74. The number of H-pyrrole nitrogens is 1. The molecule has 0 atom stereocenters. The number of aromatic amines is 1. The molecular formula is C21H29FN4O. The van der Waals surface area contributed by atoms with Gasteiger partial charge in [0.05, 0.1) is 5.69 Å². The second-order valence-corrected chi connectivity index (χ2v) is 7.72. The number of rotatable bonds is 6. The molecule has 1 fully saturated rings. The van der Waals surface area contributed by atoms with E-state index in [0.717, 1.165) is 48.6 Å². The fraction of sp³-hybridized carbons (Fsp3) is 0.524. The smallest absolute Gasteiger partial charge is 0.317 e. The number of benzene rings is 1. The average molecular weight is 372 g/mol. The Kier molecular flexibility index (Phi) is 6.48. The van der Waals surface area contributed by atoms with Crippen LogP contribution < -0.4 is 5.32 Å². The van der Waals surface area contributed by atoms with E-state index in [4.69, 9.17) is 0 Å². The molecular weight excluding hydrogens is 343 g/mol. The van der Waals surface area contributed by atoms with E-state index in [1.165, 1.54) is 25.0 Å². The Morgan fingerprint density at radius 2 is 2.07 bits per heavy atom. The van der Waals surface area contributed by atoms with Crippen LogP contribution >= 0.6 is 0 Å². The number of amides is 2. The van der Waals surface area contributed by atoms with Gasteiger partial charge < -0.3 is 10.2 Å². The molecule has 6 heteroatoms. The average Bonchev–Trinajstić information content (AvgIpc) is 3.12. The molecule has 2 N–H and O–H groups in total. The Balaban J connectivity index is 1.42. The second-order valence-electron chi connectivity index (χ2n) is 7.72. The summed E-state index contributed by atoms with van der Waals surface area (Å²) in [5.41, 5.74) is 2.49. The van der Waals surface area contributed by atoms with Crippen LogP contribution in [0.15, 0.2) is 30.3 Å². The van der Waals surface area contributed by atoms with Gasteiger partial charge in [-0.2, -0.15) is 5.10 Å². The van der Waals surface area contributed by atoms with Gasteiger partial charge in [0, 0.05) is 30.9 Å². The molecule has 1 aliphatic rings. The Morgan fingerprint density at radius 3 is 2.81 bits per heavy atom. The number of nitrogens with zero attached hydrogens (tertiary/aromatic N) is 2. The largest absolute Gasteiger partial charge is 0.335 e. The third-order valence-electron chi connectivity index (χ3n) is 5.38. The number of halogens is 1. The molecule has 5 nitrogen and oxygen atoms in total. The van der Waals surface area contributed by atoms with Crippen molar-refractivity contribution in [1.29, 1.82) is 0 Å². The van der Waals surface area contributed by atoms with Crippen molar-refractivity contribution >= 4 is 6.03 Å². The molecule has 27 heavy (non-hydrogen) atoms. The molecule has 0 bridgehead atoms. The molecule has 2 amide bonds. The molecule has 0 spiro atoms. The van der Waals surface area contributed by atoms with Gasteiger partial charge in [0.1, 0.15) is 5.82 Å². The van der Waals surface area contributed by atoms with Crippen LogP contribution in [0, 0.1) is 11.7 Å². The van der Waals surface area contributed by atoms with Gasteiger partial charge in [-0.3, -0.25) is 5.10 Å². The second kappa shape index (κ2) is 9.02. The van der Waals surface area contributed by atoms with Crippen LogP contribution in [0.25, 0.3) is 11.3 Å². The van der Waals surface area contributed by atoms with Crippen LogP contribution in [0.4, 0.5) is 9.18 Å². The van der Waals surface area contributed by atoms with E-state index in [2.05, 4.69) is 22.4 Å². The van der Waals surface area contributed by atoms with Crippen molar-refractivity contribution in [1.82, 2.24) is 20.4 Å². The summed E-state index contributed by atoms with van der Waals surface area (Å²) in [5, 5.41) is 10.4. The Hall–Kier alpha value is -2.37. The predicted molar refractivity (Wildman–Crippen MR) is 105 cm³/mol. The molecule has 0 radical (unpaired) electrons. The quantitative estimate of drug-likeness (QED) is 0.791. The normalized spacial score (nSPS) is 19.7. The highest BCUT2D eigenvalue weighted by atomic mass is 19.1. The lowest BCUT2D eigenvalue weighted by Crippen LogP contribution is -2.44. The number of carbonyl (C=O) groups excluding carboxylic acids is 1. The van der Waals surface area contributed by atoms with Crippen LogP contribution in [0.2, 0.25) is 0 Å². The van der Waals surface area contributed by atoms with Gasteiger partial charge in [-0.15, -0.1) is 0 Å². The lowest BCUT2D eigenvalue weighted by atomic mass is 9.87. The number of aromatic nitrogens is 2. The van der Waals surface area contributed by atoms with Gasteiger partial charge in [0.15, 0.2) is 0 Å².